The molecule has 4 nitrogen and oxygen atoms in total. The van der Waals surface area contributed by atoms with Gasteiger partial charge in [0.1, 0.15) is 5.01 Å². The maximum atomic E-state index is 4.60. The summed E-state index contributed by atoms with van der Waals surface area (Å²) in [6.07, 6.45) is 0. The van der Waals surface area contributed by atoms with Crippen LogP contribution in [0.25, 0.3) is 0 Å². The number of nitrogens with zero attached hydrogens (tertiary/aromatic N) is 2. The Balaban J connectivity index is 2.60. The Bertz CT molecular complexity index is 362. The molecule has 1 aromatic heterocycles. The zero-order valence-electron chi connectivity index (χ0n) is 10.6. The summed E-state index contributed by atoms with van der Waals surface area (Å²) >= 11 is 1.68. The minimum atomic E-state index is 0.124. The van der Waals surface area contributed by atoms with Gasteiger partial charge in [-0.25, -0.2) is 4.98 Å². The Morgan fingerprint density at radius 1 is 1.50 bits per heavy atom. The van der Waals surface area contributed by atoms with Gasteiger partial charge in [0.2, 0.25) is 0 Å². The molecule has 0 aliphatic carbocycles. The van der Waals surface area contributed by atoms with E-state index in [0.717, 1.165) is 16.7 Å². The summed E-state index contributed by atoms with van der Waals surface area (Å²) < 4.78 is 0. The predicted molar refractivity (Wildman–Crippen MR) is 70.1 cm³/mol. The summed E-state index contributed by atoms with van der Waals surface area (Å²) in [5, 5.41) is 9.37. The van der Waals surface area contributed by atoms with Crippen molar-refractivity contribution in [2.24, 2.45) is 4.99 Å². The summed E-state index contributed by atoms with van der Waals surface area (Å²) in [6, 6.07) is 0. The Labute approximate surface area is 101 Å². The first-order chi connectivity index (χ1) is 7.47. The lowest BCUT2D eigenvalue weighted by molar-refractivity contribution is 0.570. The number of hydrogen-bond donors (Lipinski definition) is 2. The second kappa shape index (κ2) is 5.30. The molecule has 2 N–H and O–H groups in total. The van der Waals surface area contributed by atoms with Crippen LogP contribution in [-0.4, -0.2) is 25.0 Å². The molecule has 1 aromatic rings. The smallest absolute Gasteiger partial charge is 0.191 e. The Morgan fingerprint density at radius 2 is 2.19 bits per heavy atom. The van der Waals surface area contributed by atoms with Gasteiger partial charge in [0, 0.05) is 24.9 Å². The largest absolute Gasteiger partial charge is 0.359 e. The second-order valence-electron chi connectivity index (χ2n) is 4.55. The van der Waals surface area contributed by atoms with E-state index in [-0.39, 0.29) is 5.41 Å². The molecule has 0 saturated carbocycles. The van der Waals surface area contributed by atoms with Crippen molar-refractivity contribution in [1.29, 1.82) is 0 Å². The molecular formula is C11H20N4S. The average molecular weight is 240 g/mol. The van der Waals surface area contributed by atoms with Crippen LogP contribution in [0.15, 0.2) is 10.4 Å². The zero-order valence-corrected chi connectivity index (χ0v) is 11.4. The number of guanidine groups is 1. The van der Waals surface area contributed by atoms with Gasteiger partial charge in [-0.1, -0.05) is 20.8 Å². The summed E-state index contributed by atoms with van der Waals surface area (Å²) in [4.78, 5) is 8.64. The molecule has 0 aliphatic heterocycles. The fourth-order valence-electron chi connectivity index (χ4n) is 1.18. The van der Waals surface area contributed by atoms with E-state index in [2.05, 4.69) is 46.8 Å². The third kappa shape index (κ3) is 3.48. The van der Waals surface area contributed by atoms with E-state index in [1.807, 2.05) is 7.05 Å². The van der Waals surface area contributed by atoms with Crippen LogP contribution in [0.5, 0.6) is 0 Å². The number of rotatable bonds is 2. The summed E-state index contributed by atoms with van der Waals surface area (Å²) in [7, 11) is 3.60. The number of nitrogens with one attached hydrogen (secondary N) is 2. The van der Waals surface area contributed by atoms with Crippen molar-refractivity contribution in [1.82, 2.24) is 15.6 Å². The number of aromatic nitrogens is 1. The van der Waals surface area contributed by atoms with Crippen LogP contribution < -0.4 is 10.6 Å². The van der Waals surface area contributed by atoms with Gasteiger partial charge >= 0.3 is 0 Å². The number of hydrogen-bond acceptors (Lipinski definition) is 3. The molecule has 0 atom stereocenters. The molecule has 0 aliphatic rings. The van der Waals surface area contributed by atoms with Gasteiger partial charge in [-0.3, -0.25) is 4.99 Å². The Hall–Kier alpha value is -1.10. The Morgan fingerprint density at radius 3 is 2.62 bits per heavy atom. The Kier molecular flexibility index (Phi) is 4.29. The van der Waals surface area contributed by atoms with Crippen LogP contribution in [0.4, 0.5) is 0 Å². The molecule has 1 heterocycles. The first-order valence-electron chi connectivity index (χ1n) is 5.30. The lowest BCUT2D eigenvalue weighted by atomic mass is 9.93. The summed E-state index contributed by atoms with van der Waals surface area (Å²) in [5.41, 5.74) is 1.27. The van der Waals surface area contributed by atoms with Gasteiger partial charge in [-0.15, -0.1) is 11.3 Å². The molecule has 0 bridgehead atoms. The van der Waals surface area contributed by atoms with Crippen molar-refractivity contribution in [3.05, 3.63) is 16.1 Å². The van der Waals surface area contributed by atoms with Crippen molar-refractivity contribution in [3.63, 3.8) is 0 Å². The van der Waals surface area contributed by atoms with E-state index in [0.29, 0.717) is 6.54 Å². The van der Waals surface area contributed by atoms with E-state index in [4.69, 9.17) is 0 Å². The zero-order chi connectivity index (χ0) is 12.2. The van der Waals surface area contributed by atoms with E-state index >= 15 is 0 Å². The molecule has 0 unspecified atom stereocenters. The van der Waals surface area contributed by atoms with E-state index in [1.54, 1.807) is 18.4 Å². The number of aliphatic imine (C=N–C) groups is 1. The molecule has 0 saturated heterocycles. The maximum Gasteiger partial charge on any atom is 0.191 e. The van der Waals surface area contributed by atoms with Gasteiger partial charge in [0.25, 0.3) is 0 Å². The quantitative estimate of drug-likeness (QED) is 0.611. The van der Waals surface area contributed by atoms with Crippen LogP contribution in [0.1, 0.15) is 31.5 Å². The lowest BCUT2D eigenvalue weighted by Crippen LogP contribution is -2.34. The molecule has 5 heteroatoms. The average Bonchev–Trinajstić information content (AvgIpc) is 2.67. The lowest BCUT2D eigenvalue weighted by Gasteiger charge is -2.14. The molecule has 0 aromatic carbocycles. The standard InChI is InChI=1S/C11H20N4S/c1-11(2,3)8-7-16-9(15-8)6-14-10(12-4)13-5/h7H,6H2,1-5H3,(H2,12,13,14). The highest BCUT2D eigenvalue weighted by Gasteiger charge is 2.17. The van der Waals surface area contributed by atoms with Crippen molar-refractivity contribution < 1.29 is 0 Å². The van der Waals surface area contributed by atoms with Crippen molar-refractivity contribution in [3.8, 4) is 0 Å². The van der Waals surface area contributed by atoms with Crippen LogP contribution in [0.2, 0.25) is 0 Å². The van der Waals surface area contributed by atoms with Gasteiger partial charge in [-0.05, 0) is 0 Å². The summed E-state index contributed by atoms with van der Waals surface area (Å²) in [5.74, 6) is 0.785. The van der Waals surface area contributed by atoms with Gasteiger partial charge < -0.3 is 10.6 Å². The second-order valence-corrected chi connectivity index (χ2v) is 5.49. The molecular weight excluding hydrogens is 220 g/mol. The molecule has 90 valence electrons. The highest BCUT2D eigenvalue weighted by atomic mass is 32.1. The van der Waals surface area contributed by atoms with Crippen LogP contribution >= 0.6 is 11.3 Å². The van der Waals surface area contributed by atoms with E-state index in [9.17, 15) is 0 Å². The highest BCUT2D eigenvalue weighted by Crippen LogP contribution is 2.23. The van der Waals surface area contributed by atoms with Crippen LogP contribution in [0, 0.1) is 0 Å². The van der Waals surface area contributed by atoms with E-state index < -0.39 is 0 Å². The normalized spacial score (nSPS) is 12.7. The molecule has 1 rings (SSSR count). The van der Waals surface area contributed by atoms with Gasteiger partial charge in [-0.2, -0.15) is 0 Å². The molecule has 0 amide bonds. The summed E-state index contributed by atoms with van der Waals surface area (Å²) in [6.45, 7) is 7.23. The van der Waals surface area contributed by atoms with Crippen molar-refractivity contribution in [2.75, 3.05) is 14.1 Å². The SMILES string of the molecule is CN=C(NC)NCc1nc(C(C)(C)C)cs1. The topological polar surface area (TPSA) is 49.3 Å². The molecule has 0 fully saturated rings. The minimum Gasteiger partial charge on any atom is -0.359 e. The highest BCUT2D eigenvalue weighted by molar-refractivity contribution is 7.09. The van der Waals surface area contributed by atoms with Crippen molar-refractivity contribution >= 4 is 17.3 Å². The fraction of sp³-hybridized carbons (Fsp3) is 0.636. The minimum absolute atomic E-state index is 0.124. The monoisotopic (exact) mass is 240 g/mol. The maximum absolute atomic E-state index is 4.60. The van der Waals surface area contributed by atoms with Crippen LogP contribution in [-0.2, 0) is 12.0 Å². The van der Waals surface area contributed by atoms with Crippen LogP contribution in [0.3, 0.4) is 0 Å². The van der Waals surface area contributed by atoms with Gasteiger partial charge in [0.05, 0.1) is 12.2 Å². The predicted octanol–water partition coefficient (Wildman–Crippen LogP) is 1.74. The molecule has 0 radical (unpaired) electrons. The molecule has 0 spiro atoms. The van der Waals surface area contributed by atoms with Gasteiger partial charge in [0.15, 0.2) is 5.96 Å². The third-order valence-electron chi connectivity index (χ3n) is 2.19. The number of thiazole rings is 1. The third-order valence-corrected chi connectivity index (χ3v) is 3.04. The van der Waals surface area contributed by atoms with Crippen molar-refractivity contribution in [2.45, 2.75) is 32.7 Å². The first-order valence-corrected chi connectivity index (χ1v) is 6.18. The fourth-order valence-corrected chi connectivity index (χ4v) is 2.14. The first kappa shape index (κ1) is 13.0. The van der Waals surface area contributed by atoms with E-state index in [1.165, 1.54) is 0 Å². The molecule has 16 heavy (non-hydrogen) atoms.